The predicted molar refractivity (Wildman–Crippen MR) is 327 cm³/mol. The van der Waals surface area contributed by atoms with Gasteiger partial charge in [-0.2, -0.15) is 0 Å². The van der Waals surface area contributed by atoms with Crippen molar-refractivity contribution in [2.45, 2.75) is 312 Å². The second-order valence-corrected chi connectivity index (χ2v) is 22.5. The number of unbranched alkanes of at least 4 members (excludes halogenated alkanes) is 24. The Morgan fingerprint density at radius 2 is 0.852 bits per heavy atom. The maximum atomic E-state index is 13.3. The molecule has 0 aromatic carbocycles. The van der Waals surface area contributed by atoms with E-state index in [4.69, 9.17) is 18.9 Å². The van der Waals surface area contributed by atoms with Crippen LogP contribution in [0.5, 0.6) is 0 Å². The van der Waals surface area contributed by atoms with E-state index in [1.165, 1.54) is 109 Å². The SMILES string of the molecule is CC/C=C\C/C=C\C/C=C\C/C=C\C/C=C\C/C=C\C/C=C\CCCCCCCCCCCCCC(=O)NC(COC1OC(CO)C(OC2OC(CO)C(O)C(O)C2O)C(O)C1O)C(O)CCCCCCCCCCCCCCCC. The Hall–Kier alpha value is -2.83. The minimum Gasteiger partial charge on any atom is -0.394 e. The molecule has 81 heavy (non-hydrogen) atoms. The Labute approximate surface area is 491 Å². The highest BCUT2D eigenvalue weighted by molar-refractivity contribution is 5.76. The lowest BCUT2D eigenvalue weighted by Crippen LogP contribution is -2.65. The highest BCUT2D eigenvalue weighted by atomic mass is 16.7. The van der Waals surface area contributed by atoms with Crippen molar-refractivity contribution in [3.8, 4) is 0 Å². The largest absolute Gasteiger partial charge is 0.394 e. The number of aliphatic hydroxyl groups excluding tert-OH is 8. The zero-order valence-electron chi connectivity index (χ0n) is 50.5. The quantitative estimate of drug-likeness (QED) is 0.0204. The molecule has 0 radical (unpaired) electrons. The van der Waals surface area contributed by atoms with Gasteiger partial charge in [-0.05, 0) is 70.6 Å². The average Bonchev–Trinajstić information content (AvgIpc) is 3.47. The molecule has 2 heterocycles. The fourth-order valence-corrected chi connectivity index (χ4v) is 10.2. The summed E-state index contributed by atoms with van der Waals surface area (Å²) in [7, 11) is 0. The number of carbonyl (C=O) groups excluding carboxylic acids is 1. The van der Waals surface area contributed by atoms with E-state index in [2.05, 4.69) is 104 Å². The molecule has 14 nitrogen and oxygen atoms in total. The van der Waals surface area contributed by atoms with Crippen molar-refractivity contribution in [2.24, 2.45) is 0 Å². The zero-order valence-corrected chi connectivity index (χ0v) is 50.5. The van der Waals surface area contributed by atoms with E-state index in [-0.39, 0.29) is 12.5 Å². The Kier molecular flexibility index (Phi) is 47.3. The second kappa shape index (κ2) is 51.6. The number of allylic oxidation sites excluding steroid dienone is 14. The van der Waals surface area contributed by atoms with Gasteiger partial charge in [-0.15, -0.1) is 0 Å². The Bertz CT molecular complexity index is 1680. The van der Waals surface area contributed by atoms with Crippen molar-refractivity contribution in [2.75, 3.05) is 19.8 Å². The number of aliphatic hydroxyl groups is 8. The van der Waals surface area contributed by atoms with Gasteiger partial charge >= 0.3 is 0 Å². The van der Waals surface area contributed by atoms with E-state index in [9.17, 15) is 45.6 Å². The van der Waals surface area contributed by atoms with Crippen LogP contribution in [0, 0.1) is 0 Å². The van der Waals surface area contributed by atoms with E-state index >= 15 is 0 Å². The Morgan fingerprint density at radius 1 is 0.457 bits per heavy atom. The molecule has 0 aromatic heterocycles. The number of carbonyl (C=O) groups is 1. The molecule has 2 saturated heterocycles. The number of amides is 1. The van der Waals surface area contributed by atoms with Crippen molar-refractivity contribution < 1.29 is 64.6 Å². The van der Waals surface area contributed by atoms with Crippen LogP contribution in [-0.2, 0) is 23.7 Å². The number of hydrogen-bond acceptors (Lipinski definition) is 13. The van der Waals surface area contributed by atoms with Gasteiger partial charge in [0.2, 0.25) is 5.91 Å². The van der Waals surface area contributed by atoms with Gasteiger partial charge in [-0.25, -0.2) is 0 Å². The van der Waals surface area contributed by atoms with Gasteiger partial charge in [0, 0.05) is 6.42 Å². The molecule has 9 N–H and O–H groups in total. The standard InChI is InChI=1S/C67H117NO13/c1-3-5-7-9-11-13-15-17-19-20-21-22-23-24-25-26-27-28-29-30-31-32-33-34-35-36-37-39-41-43-45-47-49-51-59(72)68-55(56(71)50-48-46-44-42-40-38-18-16-14-12-10-8-6-4-2)54-78-66-64(77)62(75)65(58(53-70)80-66)81-67-63(76)61(74)60(73)57(52-69)79-67/h5,7,11,13,17,19,21-22,24-25,27-28,30-31,55-58,60-67,69-71,73-77H,3-4,6,8-10,12,14-16,18,20,23,26,29,32-54H2,1-2H3,(H,68,72)/b7-5-,13-11-,19-17-,22-21-,25-24-,28-27-,31-30-. The molecule has 1 amide bonds. The van der Waals surface area contributed by atoms with Gasteiger partial charge in [-0.3, -0.25) is 4.79 Å². The lowest BCUT2D eigenvalue weighted by molar-refractivity contribution is -0.359. The van der Waals surface area contributed by atoms with Crippen LogP contribution in [0.3, 0.4) is 0 Å². The van der Waals surface area contributed by atoms with E-state index in [0.717, 1.165) is 103 Å². The smallest absolute Gasteiger partial charge is 0.220 e. The highest BCUT2D eigenvalue weighted by Crippen LogP contribution is 2.30. The molecule has 468 valence electrons. The first-order valence-corrected chi connectivity index (χ1v) is 32.3. The molecule has 2 aliphatic heterocycles. The number of nitrogens with one attached hydrogen (secondary N) is 1. The van der Waals surface area contributed by atoms with Crippen molar-refractivity contribution >= 4 is 5.91 Å². The summed E-state index contributed by atoms with van der Waals surface area (Å²) in [6.07, 6.45) is 53.0. The van der Waals surface area contributed by atoms with E-state index in [1.54, 1.807) is 0 Å². The van der Waals surface area contributed by atoms with Gasteiger partial charge in [0.1, 0.15) is 48.8 Å². The molecule has 0 aromatic rings. The first-order valence-electron chi connectivity index (χ1n) is 32.3. The van der Waals surface area contributed by atoms with Crippen LogP contribution in [0.2, 0.25) is 0 Å². The fourth-order valence-electron chi connectivity index (χ4n) is 10.2. The van der Waals surface area contributed by atoms with Gasteiger partial charge < -0.3 is 65.1 Å². The van der Waals surface area contributed by atoms with E-state index in [0.29, 0.717) is 12.8 Å². The van der Waals surface area contributed by atoms with Crippen LogP contribution in [0.4, 0.5) is 0 Å². The topological polar surface area (TPSA) is 228 Å². The van der Waals surface area contributed by atoms with Crippen LogP contribution in [0.1, 0.15) is 239 Å². The van der Waals surface area contributed by atoms with Gasteiger partial charge in [0.25, 0.3) is 0 Å². The normalized spacial score (nSPS) is 24.7. The molecule has 0 saturated carbocycles. The van der Waals surface area contributed by atoms with Crippen molar-refractivity contribution in [1.29, 1.82) is 0 Å². The predicted octanol–water partition coefficient (Wildman–Crippen LogP) is 12.1. The third-order valence-corrected chi connectivity index (χ3v) is 15.4. The molecule has 2 rings (SSSR count). The van der Waals surface area contributed by atoms with Crippen LogP contribution >= 0.6 is 0 Å². The maximum absolute atomic E-state index is 13.3. The van der Waals surface area contributed by atoms with Crippen molar-refractivity contribution in [3.63, 3.8) is 0 Å². The first-order chi connectivity index (χ1) is 39.6. The fraction of sp³-hybridized carbons (Fsp3) is 0.776. The van der Waals surface area contributed by atoms with E-state index in [1.807, 2.05) is 0 Å². The molecule has 14 heteroatoms. The lowest BCUT2D eigenvalue weighted by Gasteiger charge is -2.46. The number of rotatable bonds is 51. The summed E-state index contributed by atoms with van der Waals surface area (Å²) in [5.41, 5.74) is 0. The summed E-state index contributed by atoms with van der Waals surface area (Å²) >= 11 is 0. The molecule has 12 unspecified atom stereocenters. The van der Waals surface area contributed by atoms with E-state index < -0.39 is 86.8 Å². The van der Waals surface area contributed by atoms with Crippen LogP contribution in [0.15, 0.2) is 85.1 Å². The van der Waals surface area contributed by atoms with Gasteiger partial charge in [0.15, 0.2) is 12.6 Å². The van der Waals surface area contributed by atoms with Crippen molar-refractivity contribution in [3.05, 3.63) is 85.1 Å². The monoisotopic (exact) mass is 1140 g/mol. The van der Waals surface area contributed by atoms with Crippen LogP contribution in [-0.4, -0.2) is 140 Å². The minimum absolute atomic E-state index is 0.213. The molecular formula is C67H117NO13. The first kappa shape index (κ1) is 74.3. The highest BCUT2D eigenvalue weighted by Gasteiger charge is 2.51. The van der Waals surface area contributed by atoms with Gasteiger partial charge in [0.05, 0.1) is 32.0 Å². The summed E-state index contributed by atoms with van der Waals surface area (Å²) in [5.74, 6) is -0.213. The molecular weight excluding hydrogens is 1030 g/mol. The second-order valence-electron chi connectivity index (χ2n) is 22.5. The van der Waals surface area contributed by atoms with Crippen LogP contribution in [0.25, 0.3) is 0 Å². The third-order valence-electron chi connectivity index (χ3n) is 15.4. The minimum atomic E-state index is -1.79. The molecule has 0 aliphatic carbocycles. The Morgan fingerprint density at radius 3 is 1.31 bits per heavy atom. The average molecular weight is 1140 g/mol. The number of ether oxygens (including phenoxy) is 4. The summed E-state index contributed by atoms with van der Waals surface area (Å²) in [6, 6.07) is -0.835. The summed E-state index contributed by atoms with van der Waals surface area (Å²) in [5, 5.41) is 87.3. The van der Waals surface area contributed by atoms with Gasteiger partial charge in [-0.1, -0.05) is 247 Å². The van der Waals surface area contributed by atoms with Crippen molar-refractivity contribution in [1.82, 2.24) is 5.32 Å². The van der Waals surface area contributed by atoms with Crippen LogP contribution < -0.4 is 5.32 Å². The Balaban J connectivity index is 1.66. The summed E-state index contributed by atoms with van der Waals surface area (Å²) in [6.45, 7) is 2.74. The lowest BCUT2D eigenvalue weighted by atomic mass is 9.97. The number of hydrogen-bond donors (Lipinski definition) is 9. The molecule has 0 spiro atoms. The maximum Gasteiger partial charge on any atom is 0.220 e. The third kappa shape index (κ3) is 36.6. The molecule has 0 bridgehead atoms. The molecule has 2 fully saturated rings. The summed E-state index contributed by atoms with van der Waals surface area (Å²) < 4.78 is 22.8. The zero-order chi connectivity index (χ0) is 58.8. The molecule has 2 aliphatic rings. The molecule has 12 atom stereocenters. The summed E-state index contributed by atoms with van der Waals surface area (Å²) in [4.78, 5) is 13.3.